The predicted molar refractivity (Wildman–Crippen MR) is 80.9 cm³/mol. The van der Waals surface area contributed by atoms with E-state index in [2.05, 4.69) is 15.0 Å². The summed E-state index contributed by atoms with van der Waals surface area (Å²) in [6.45, 7) is 1.90. The molecule has 5 nitrogen and oxygen atoms in total. The number of benzene rings is 1. The van der Waals surface area contributed by atoms with Gasteiger partial charge in [0.2, 0.25) is 0 Å². The van der Waals surface area contributed by atoms with Crippen molar-refractivity contribution in [2.24, 2.45) is 0 Å². The molecule has 3 aromatic rings. The van der Waals surface area contributed by atoms with E-state index in [4.69, 9.17) is 10.5 Å². The summed E-state index contributed by atoms with van der Waals surface area (Å²) in [5, 5.41) is 0. The molecule has 0 amide bonds. The van der Waals surface area contributed by atoms with Gasteiger partial charge in [-0.15, -0.1) is 0 Å². The second-order valence-electron chi connectivity index (χ2n) is 4.54. The van der Waals surface area contributed by atoms with Crippen LogP contribution in [-0.2, 0) is 0 Å². The van der Waals surface area contributed by atoms with Crippen molar-refractivity contribution in [2.45, 2.75) is 6.92 Å². The normalized spacial score (nSPS) is 10.3. The first-order valence-electron chi connectivity index (χ1n) is 6.51. The minimum absolute atomic E-state index is 0.311. The molecule has 0 fully saturated rings. The molecule has 0 saturated carbocycles. The fourth-order valence-corrected chi connectivity index (χ4v) is 1.99. The Hall–Kier alpha value is -2.95. The van der Waals surface area contributed by atoms with Gasteiger partial charge in [-0.25, -0.2) is 15.0 Å². The summed E-state index contributed by atoms with van der Waals surface area (Å²) in [7, 11) is 0. The summed E-state index contributed by atoms with van der Waals surface area (Å²) >= 11 is 0. The van der Waals surface area contributed by atoms with Gasteiger partial charge in [0.25, 0.3) is 0 Å². The van der Waals surface area contributed by atoms with Crippen LogP contribution in [0.1, 0.15) is 5.69 Å². The molecular formula is C16H14N4O. The molecule has 0 radical (unpaired) electrons. The summed E-state index contributed by atoms with van der Waals surface area (Å²) in [6, 6.07) is 13.4. The zero-order chi connectivity index (χ0) is 14.7. The summed E-state index contributed by atoms with van der Waals surface area (Å²) in [6.07, 6.45) is 3.43. The van der Waals surface area contributed by atoms with Crippen molar-refractivity contribution in [3.05, 3.63) is 60.6 Å². The van der Waals surface area contributed by atoms with E-state index >= 15 is 0 Å². The lowest BCUT2D eigenvalue weighted by Gasteiger charge is -2.07. The number of nitrogen functional groups attached to an aromatic ring is 1. The van der Waals surface area contributed by atoms with Crippen LogP contribution in [0.15, 0.2) is 54.9 Å². The minimum atomic E-state index is 0.311. The second-order valence-corrected chi connectivity index (χ2v) is 4.54. The van der Waals surface area contributed by atoms with E-state index in [-0.39, 0.29) is 0 Å². The first-order valence-corrected chi connectivity index (χ1v) is 6.51. The van der Waals surface area contributed by atoms with Gasteiger partial charge in [-0.2, -0.15) is 0 Å². The Labute approximate surface area is 122 Å². The average molecular weight is 278 g/mol. The number of aryl methyl sites for hydroxylation is 1. The Morgan fingerprint density at radius 1 is 0.952 bits per heavy atom. The number of hydrogen-bond donors (Lipinski definition) is 1. The quantitative estimate of drug-likeness (QED) is 0.796. The van der Waals surface area contributed by atoms with Crippen LogP contribution in [0.4, 0.5) is 5.82 Å². The lowest BCUT2D eigenvalue weighted by molar-refractivity contribution is 0.442. The van der Waals surface area contributed by atoms with Crippen LogP contribution in [-0.4, -0.2) is 15.0 Å². The zero-order valence-electron chi connectivity index (χ0n) is 11.5. The monoisotopic (exact) mass is 278 g/mol. The first kappa shape index (κ1) is 13.1. The smallest absolute Gasteiger partial charge is 0.321 e. The fraction of sp³-hybridized carbons (Fsp3) is 0.0625. The SMILES string of the molecule is Cc1nc(N)ccc1-c1cnc(Oc2ccccc2)nc1. The number of anilines is 1. The van der Waals surface area contributed by atoms with Gasteiger partial charge >= 0.3 is 6.01 Å². The van der Waals surface area contributed by atoms with E-state index in [9.17, 15) is 0 Å². The minimum Gasteiger partial charge on any atom is -0.424 e. The van der Waals surface area contributed by atoms with Crippen LogP contribution >= 0.6 is 0 Å². The Kier molecular flexibility index (Phi) is 3.47. The highest BCUT2D eigenvalue weighted by molar-refractivity contribution is 5.65. The fourth-order valence-electron chi connectivity index (χ4n) is 1.99. The van der Waals surface area contributed by atoms with Gasteiger partial charge in [0.05, 0.1) is 0 Å². The lowest BCUT2D eigenvalue weighted by Crippen LogP contribution is -1.96. The topological polar surface area (TPSA) is 73.9 Å². The van der Waals surface area contributed by atoms with Gasteiger partial charge in [0.1, 0.15) is 11.6 Å². The Bertz CT molecular complexity index is 742. The molecule has 0 saturated heterocycles. The number of nitrogens with zero attached hydrogens (tertiary/aromatic N) is 3. The Morgan fingerprint density at radius 2 is 1.67 bits per heavy atom. The second kappa shape index (κ2) is 5.58. The van der Waals surface area contributed by atoms with E-state index in [1.807, 2.05) is 43.3 Å². The number of nitrogens with two attached hydrogens (primary N) is 1. The molecule has 0 atom stereocenters. The Morgan fingerprint density at radius 3 is 2.33 bits per heavy atom. The van der Waals surface area contributed by atoms with Crippen molar-refractivity contribution in [3.63, 3.8) is 0 Å². The maximum Gasteiger partial charge on any atom is 0.321 e. The molecular weight excluding hydrogens is 264 g/mol. The van der Waals surface area contributed by atoms with Crippen LogP contribution in [0.25, 0.3) is 11.1 Å². The van der Waals surface area contributed by atoms with Crippen LogP contribution in [0.5, 0.6) is 11.8 Å². The van der Waals surface area contributed by atoms with Crippen molar-refractivity contribution in [1.82, 2.24) is 15.0 Å². The van der Waals surface area contributed by atoms with Crippen LogP contribution in [0.3, 0.4) is 0 Å². The van der Waals surface area contributed by atoms with Gasteiger partial charge in [-0.1, -0.05) is 18.2 Å². The molecule has 0 bridgehead atoms. The summed E-state index contributed by atoms with van der Waals surface area (Å²) < 4.78 is 5.56. The van der Waals surface area contributed by atoms with E-state index in [1.165, 1.54) is 0 Å². The van der Waals surface area contributed by atoms with Gasteiger partial charge in [0, 0.05) is 29.2 Å². The maximum atomic E-state index is 5.65. The van der Waals surface area contributed by atoms with Crippen LogP contribution in [0.2, 0.25) is 0 Å². The molecule has 2 N–H and O–H groups in total. The first-order chi connectivity index (χ1) is 10.2. The highest BCUT2D eigenvalue weighted by atomic mass is 16.5. The standard InChI is InChI=1S/C16H14N4O/c1-11-14(7-8-15(17)20-11)12-9-18-16(19-10-12)21-13-5-3-2-4-6-13/h2-10H,1H3,(H2,17,20). The van der Waals surface area contributed by atoms with E-state index in [0.29, 0.717) is 17.6 Å². The molecule has 3 rings (SSSR count). The number of para-hydroxylation sites is 1. The lowest BCUT2D eigenvalue weighted by atomic mass is 10.1. The van der Waals surface area contributed by atoms with E-state index in [0.717, 1.165) is 16.8 Å². The predicted octanol–water partition coefficient (Wildman–Crippen LogP) is 3.22. The number of pyridine rings is 1. The van der Waals surface area contributed by atoms with E-state index < -0.39 is 0 Å². The number of ether oxygens (including phenoxy) is 1. The highest BCUT2D eigenvalue weighted by Crippen LogP contribution is 2.23. The molecule has 21 heavy (non-hydrogen) atoms. The molecule has 5 heteroatoms. The molecule has 104 valence electrons. The highest BCUT2D eigenvalue weighted by Gasteiger charge is 2.06. The molecule has 0 aliphatic heterocycles. The molecule has 0 spiro atoms. The average Bonchev–Trinajstić information content (AvgIpc) is 2.49. The molecule has 2 aromatic heterocycles. The molecule has 0 unspecified atom stereocenters. The van der Waals surface area contributed by atoms with Crippen molar-refractivity contribution in [3.8, 4) is 22.9 Å². The molecule has 0 aliphatic carbocycles. The Balaban J connectivity index is 1.84. The third kappa shape index (κ3) is 2.97. The molecule has 1 aromatic carbocycles. The largest absolute Gasteiger partial charge is 0.424 e. The molecule has 0 aliphatic rings. The van der Waals surface area contributed by atoms with Gasteiger partial charge in [0.15, 0.2) is 0 Å². The third-order valence-electron chi connectivity index (χ3n) is 3.00. The van der Waals surface area contributed by atoms with Crippen LogP contribution < -0.4 is 10.5 Å². The number of hydrogen-bond acceptors (Lipinski definition) is 5. The zero-order valence-corrected chi connectivity index (χ0v) is 11.5. The summed E-state index contributed by atoms with van der Waals surface area (Å²) in [4.78, 5) is 12.7. The third-order valence-corrected chi connectivity index (χ3v) is 3.00. The van der Waals surface area contributed by atoms with Crippen molar-refractivity contribution in [2.75, 3.05) is 5.73 Å². The molecule has 2 heterocycles. The van der Waals surface area contributed by atoms with Gasteiger partial charge < -0.3 is 10.5 Å². The van der Waals surface area contributed by atoms with Crippen molar-refractivity contribution < 1.29 is 4.74 Å². The van der Waals surface area contributed by atoms with E-state index in [1.54, 1.807) is 18.5 Å². The van der Waals surface area contributed by atoms with Crippen molar-refractivity contribution >= 4 is 5.82 Å². The van der Waals surface area contributed by atoms with Gasteiger partial charge in [-0.3, -0.25) is 0 Å². The number of rotatable bonds is 3. The maximum absolute atomic E-state index is 5.65. The van der Waals surface area contributed by atoms with Crippen molar-refractivity contribution in [1.29, 1.82) is 0 Å². The summed E-state index contributed by atoms with van der Waals surface area (Å²) in [5.41, 5.74) is 8.33. The van der Waals surface area contributed by atoms with Crippen LogP contribution in [0, 0.1) is 6.92 Å². The van der Waals surface area contributed by atoms with Gasteiger partial charge in [-0.05, 0) is 31.2 Å². The summed E-state index contributed by atoms with van der Waals surface area (Å²) in [5.74, 6) is 1.21. The number of aromatic nitrogens is 3.